The smallest absolute Gasteiger partial charge is 0.308 e. The zero-order chi connectivity index (χ0) is 25.7. The molecule has 1 unspecified atom stereocenters. The molecule has 1 atom stereocenters. The fourth-order valence-corrected chi connectivity index (χ4v) is 3.89. The minimum absolute atomic E-state index is 0.0215. The second-order valence-electron chi connectivity index (χ2n) is 9.40. The number of carbonyl (C=O) groups excluding carboxylic acids is 1. The van der Waals surface area contributed by atoms with Gasteiger partial charge in [0.1, 0.15) is 6.61 Å². The Morgan fingerprint density at radius 3 is 1.34 bits per heavy atom. The Labute approximate surface area is 217 Å². The van der Waals surface area contributed by atoms with Crippen LogP contribution in [0.5, 0.6) is 0 Å². The normalized spacial score (nSPS) is 12.2. The van der Waals surface area contributed by atoms with Gasteiger partial charge in [0.05, 0.1) is 52.2 Å². The van der Waals surface area contributed by atoms with Gasteiger partial charge in [-0.15, -0.1) is 0 Å². The summed E-state index contributed by atoms with van der Waals surface area (Å²) < 4.78 is 27.4. The average molecular weight is 503 g/mol. The number of unbranched alkanes of at least 4 members (excludes halogenated alkanes) is 11. The number of hydrogen-bond acceptors (Lipinski definition) is 6. The van der Waals surface area contributed by atoms with E-state index in [2.05, 4.69) is 13.8 Å². The first-order valence-corrected chi connectivity index (χ1v) is 14.7. The van der Waals surface area contributed by atoms with Gasteiger partial charge in [0.2, 0.25) is 0 Å². The molecule has 0 heterocycles. The summed E-state index contributed by atoms with van der Waals surface area (Å²) in [5, 5.41) is 0. The summed E-state index contributed by atoms with van der Waals surface area (Å²) in [6, 6.07) is 0. The molecule has 0 aromatic carbocycles. The van der Waals surface area contributed by atoms with Crippen molar-refractivity contribution in [2.24, 2.45) is 5.92 Å². The average Bonchev–Trinajstić information content (AvgIpc) is 2.87. The van der Waals surface area contributed by atoms with Crippen LogP contribution in [0.25, 0.3) is 0 Å². The Hall–Kier alpha value is -0.690. The second kappa shape index (κ2) is 29.5. The Bertz CT molecular complexity index is 418. The number of hydrogen-bond donors (Lipinski definition) is 0. The van der Waals surface area contributed by atoms with E-state index in [0.717, 1.165) is 38.7 Å². The van der Waals surface area contributed by atoms with E-state index in [4.69, 9.17) is 23.7 Å². The summed E-state index contributed by atoms with van der Waals surface area (Å²) in [6.45, 7) is 11.4. The third-order valence-electron chi connectivity index (χ3n) is 6.21. The van der Waals surface area contributed by atoms with Gasteiger partial charge >= 0.3 is 5.97 Å². The van der Waals surface area contributed by atoms with Crippen LogP contribution in [0.3, 0.4) is 0 Å². The predicted molar refractivity (Wildman–Crippen MR) is 144 cm³/mol. The van der Waals surface area contributed by atoms with Crippen molar-refractivity contribution in [1.82, 2.24) is 0 Å². The van der Waals surface area contributed by atoms with E-state index in [-0.39, 0.29) is 11.9 Å². The molecule has 0 amide bonds. The van der Waals surface area contributed by atoms with Crippen LogP contribution in [0.1, 0.15) is 117 Å². The van der Waals surface area contributed by atoms with Gasteiger partial charge in [0, 0.05) is 6.61 Å². The summed E-state index contributed by atoms with van der Waals surface area (Å²) in [4.78, 5) is 12.0. The van der Waals surface area contributed by atoms with Crippen LogP contribution < -0.4 is 0 Å². The Balaban J connectivity index is 3.18. The number of esters is 1. The molecule has 0 aliphatic rings. The maximum absolute atomic E-state index is 12.0. The molecule has 0 spiro atoms. The van der Waals surface area contributed by atoms with Gasteiger partial charge in [0.25, 0.3) is 0 Å². The molecule has 0 aromatic rings. The topological polar surface area (TPSA) is 63.2 Å². The van der Waals surface area contributed by atoms with E-state index in [1.807, 2.05) is 6.92 Å². The van der Waals surface area contributed by atoms with Crippen LogP contribution in [-0.4, -0.2) is 65.4 Å². The Kier molecular flexibility index (Phi) is 29.0. The first-order chi connectivity index (χ1) is 17.3. The zero-order valence-electron chi connectivity index (χ0n) is 23.5. The molecule has 0 aliphatic carbocycles. The summed E-state index contributed by atoms with van der Waals surface area (Å²) in [6.07, 6.45) is 18.8. The van der Waals surface area contributed by atoms with E-state index in [9.17, 15) is 4.79 Å². The molecule has 35 heavy (non-hydrogen) atoms. The molecule has 0 aliphatic heterocycles. The van der Waals surface area contributed by atoms with Crippen LogP contribution in [-0.2, 0) is 28.5 Å². The summed E-state index contributed by atoms with van der Waals surface area (Å²) in [5.41, 5.74) is 0. The lowest BCUT2D eigenvalue weighted by Crippen LogP contribution is -2.20. The maximum atomic E-state index is 12.0. The molecule has 0 N–H and O–H groups in total. The summed E-state index contributed by atoms with van der Waals surface area (Å²) >= 11 is 0. The highest BCUT2D eigenvalue weighted by Crippen LogP contribution is 2.14. The van der Waals surface area contributed by atoms with Crippen molar-refractivity contribution >= 4 is 5.97 Å². The van der Waals surface area contributed by atoms with Gasteiger partial charge in [-0.2, -0.15) is 0 Å². The van der Waals surface area contributed by atoms with Gasteiger partial charge in [0.15, 0.2) is 0 Å². The van der Waals surface area contributed by atoms with E-state index in [1.54, 1.807) is 0 Å². The largest absolute Gasteiger partial charge is 0.463 e. The van der Waals surface area contributed by atoms with E-state index in [1.165, 1.54) is 64.2 Å². The Morgan fingerprint density at radius 2 is 0.886 bits per heavy atom. The fraction of sp³-hybridized carbons (Fsp3) is 0.966. The van der Waals surface area contributed by atoms with Crippen LogP contribution in [0.4, 0.5) is 0 Å². The quantitative estimate of drug-likeness (QED) is 0.0801. The molecule has 210 valence electrons. The standard InChI is InChI=1S/C29H58O6/c1-4-7-9-10-11-12-13-14-15-16-17-19-31-20-21-32-22-23-33-24-25-34-26-27-35-29(30)28(6-3)18-8-5-2/h28H,4-27H2,1-3H3. The van der Waals surface area contributed by atoms with Gasteiger partial charge in [-0.1, -0.05) is 97.8 Å². The highest BCUT2D eigenvalue weighted by atomic mass is 16.6. The minimum Gasteiger partial charge on any atom is -0.463 e. The van der Waals surface area contributed by atoms with Crippen LogP contribution >= 0.6 is 0 Å². The molecule has 0 aromatic heterocycles. The molecule has 0 fully saturated rings. The van der Waals surface area contributed by atoms with Gasteiger partial charge < -0.3 is 23.7 Å². The van der Waals surface area contributed by atoms with Crippen LogP contribution in [0.2, 0.25) is 0 Å². The third kappa shape index (κ3) is 26.2. The van der Waals surface area contributed by atoms with E-state index >= 15 is 0 Å². The highest BCUT2D eigenvalue weighted by molar-refractivity contribution is 5.72. The van der Waals surface area contributed by atoms with Gasteiger partial charge in [-0.3, -0.25) is 4.79 Å². The third-order valence-corrected chi connectivity index (χ3v) is 6.21. The van der Waals surface area contributed by atoms with Crippen molar-refractivity contribution < 1.29 is 28.5 Å². The van der Waals surface area contributed by atoms with Crippen molar-refractivity contribution in [3.8, 4) is 0 Å². The minimum atomic E-state index is -0.0965. The second-order valence-corrected chi connectivity index (χ2v) is 9.40. The van der Waals surface area contributed by atoms with Crippen LogP contribution in [0.15, 0.2) is 0 Å². The first kappa shape index (κ1) is 34.3. The molecule has 6 heteroatoms. The number of rotatable bonds is 29. The first-order valence-electron chi connectivity index (χ1n) is 14.7. The van der Waals surface area contributed by atoms with Crippen molar-refractivity contribution in [2.45, 2.75) is 117 Å². The fourth-order valence-electron chi connectivity index (χ4n) is 3.89. The summed E-state index contributed by atoms with van der Waals surface area (Å²) in [5.74, 6) is -0.0750. The molecule has 0 bridgehead atoms. The van der Waals surface area contributed by atoms with Crippen molar-refractivity contribution in [1.29, 1.82) is 0 Å². The molecular formula is C29H58O6. The highest BCUT2D eigenvalue weighted by Gasteiger charge is 2.16. The SMILES string of the molecule is CCCCCCCCCCCCCOCCOCCOCCOCCOC(=O)C(CC)CCCC. The van der Waals surface area contributed by atoms with Crippen molar-refractivity contribution in [3.05, 3.63) is 0 Å². The maximum Gasteiger partial charge on any atom is 0.308 e. The lowest BCUT2D eigenvalue weighted by Gasteiger charge is -2.13. The summed E-state index contributed by atoms with van der Waals surface area (Å²) in [7, 11) is 0. The predicted octanol–water partition coefficient (Wildman–Crippen LogP) is 7.12. The number of ether oxygens (including phenoxy) is 5. The van der Waals surface area contributed by atoms with E-state index in [0.29, 0.717) is 52.9 Å². The molecular weight excluding hydrogens is 444 g/mol. The molecule has 6 nitrogen and oxygen atoms in total. The van der Waals surface area contributed by atoms with E-state index < -0.39 is 0 Å². The number of carbonyl (C=O) groups is 1. The zero-order valence-corrected chi connectivity index (χ0v) is 23.5. The molecule has 0 rings (SSSR count). The van der Waals surface area contributed by atoms with Gasteiger partial charge in [-0.25, -0.2) is 0 Å². The van der Waals surface area contributed by atoms with Crippen LogP contribution in [0, 0.1) is 5.92 Å². The molecule has 0 radical (unpaired) electrons. The lowest BCUT2D eigenvalue weighted by atomic mass is 10.00. The lowest BCUT2D eigenvalue weighted by molar-refractivity contribution is -0.150. The Morgan fingerprint density at radius 1 is 0.486 bits per heavy atom. The van der Waals surface area contributed by atoms with Crippen molar-refractivity contribution in [3.63, 3.8) is 0 Å². The molecule has 0 saturated carbocycles. The van der Waals surface area contributed by atoms with Gasteiger partial charge in [-0.05, 0) is 19.3 Å². The monoisotopic (exact) mass is 502 g/mol. The molecule has 0 saturated heterocycles. The van der Waals surface area contributed by atoms with Crippen molar-refractivity contribution in [2.75, 3.05) is 59.5 Å².